The second-order valence-electron chi connectivity index (χ2n) is 3.26. The number of amides is 1. The number of hydrogen-bond donors (Lipinski definition) is 1. The number of fused-ring (bicyclic) bond motifs is 2. The van der Waals surface area contributed by atoms with Crippen molar-refractivity contribution in [3.05, 3.63) is 0 Å². The van der Waals surface area contributed by atoms with Crippen LogP contribution in [-0.4, -0.2) is 11.9 Å². The highest BCUT2D eigenvalue weighted by atomic mass is 16.2. The average Bonchev–Trinajstić information content (AvgIpc) is 2.24. The maximum absolute atomic E-state index is 10.9. The lowest BCUT2D eigenvalue weighted by Gasteiger charge is -2.17. The fourth-order valence-electron chi connectivity index (χ4n) is 1.96. The van der Waals surface area contributed by atoms with Gasteiger partial charge in [0.2, 0.25) is 5.91 Å². The largest absolute Gasteiger partial charge is 0.353 e. The molecule has 0 aromatic rings. The van der Waals surface area contributed by atoms with Crippen LogP contribution in [0.4, 0.5) is 0 Å². The maximum Gasteiger partial charge on any atom is 0.223 e. The van der Waals surface area contributed by atoms with Crippen molar-refractivity contribution >= 4 is 5.91 Å². The van der Waals surface area contributed by atoms with Crippen molar-refractivity contribution in [3.8, 4) is 0 Å². The smallest absolute Gasteiger partial charge is 0.223 e. The van der Waals surface area contributed by atoms with Crippen LogP contribution < -0.4 is 5.32 Å². The Hall–Kier alpha value is -0.530. The van der Waals surface area contributed by atoms with E-state index in [4.69, 9.17) is 0 Å². The van der Waals surface area contributed by atoms with Crippen LogP contribution in [0.3, 0.4) is 0 Å². The van der Waals surface area contributed by atoms with E-state index in [1.807, 2.05) is 0 Å². The molecule has 0 radical (unpaired) electrons. The van der Waals surface area contributed by atoms with Gasteiger partial charge in [-0.1, -0.05) is 6.92 Å². The van der Waals surface area contributed by atoms with Crippen molar-refractivity contribution in [2.75, 3.05) is 0 Å². The van der Waals surface area contributed by atoms with Gasteiger partial charge < -0.3 is 5.32 Å². The molecule has 1 aliphatic carbocycles. The van der Waals surface area contributed by atoms with Crippen LogP contribution in [0.1, 0.15) is 19.8 Å². The molecule has 2 rings (SSSR count). The minimum atomic E-state index is 0.290. The molecule has 2 aliphatic rings. The summed E-state index contributed by atoms with van der Waals surface area (Å²) in [5.74, 6) is 1.38. The third-order valence-corrected chi connectivity index (χ3v) is 2.58. The monoisotopic (exact) mass is 125 g/mol. The Morgan fingerprint density at radius 2 is 2.33 bits per heavy atom. The molecule has 2 fully saturated rings. The van der Waals surface area contributed by atoms with Crippen molar-refractivity contribution in [1.82, 2.24) is 5.32 Å². The molecule has 0 aromatic carbocycles. The summed E-state index contributed by atoms with van der Waals surface area (Å²) in [5.41, 5.74) is 0. The molecule has 0 aromatic heterocycles. The summed E-state index contributed by atoms with van der Waals surface area (Å²) in [4.78, 5) is 10.9. The fourth-order valence-corrected chi connectivity index (χ4v) is 1.96. The van der Waals surface area contributed by atoms with Crippen LogP contribution in [0.2, 0.25) is 0 Å². The zero-order valence-electron chi connectivity index (χ0n) is 5.55. The van der Waals surface area contributed by atoms with Crippen LogP contribution in [0.25, 0.3) is 0 Å². The molecule has 1 N–H and O–H groups in total. The van der Waals surface area contributed by atoms with Gasteiger partial charge in [0, 0.05) is 12.0 Å². The Bertz CT molecular complexity index is 153. The van der Waals surface area contributed by atoms with Crippen molar-refractivity contribution in [2.45, 2.75) is 25.8 Å². The van der Waals surface area contributed by atoms with Gasteiger partial charge in [-0.15, -0.1) is 0 Å². The van der Waals surface area contributed by atoms with E-state index in [9.17, 15) is 4.79 Å². The standard InChI is InChI=1S/C7H11NO/c1-4-2-5-3-6(4)8-7(5)9/h4-6H,2-3H2,1H3,(H,8,9). The SMILES string of the molecule is CC1CC2CC1NC2=O. The highest BCUT2D eigenvalue weighted by Gasteiger charge is 2.42. The third kappa shape index (κ3) is 0.590. The molecule has 1 amide bonds. The van der Waals surface area contributed by atoms with E-state index in [1.165, 1.54) is 0 Å². The highest BCUT2D eigenvalue weighted by molar-refractivity contribution is 5.82. The summed E-state index contributed by atoms with van der Waals surface area (Å²) in [5, 5.41) is 2.96. The Morgan fingerprint density at radius 3 is 2.67 bits per heavy atom. The van der Waals surface area contributed by atoms with Crippen LogP contribution in [0, 0.1) is 11.8 Å². The number of rotatable bonds is 0. The molecule has 9 heavy (non-hydrogen) atoms. The van der Waals surface area contributed by atoms with E-state index in [0.717, 1.165) is 18.8 Å². The molecule has 3 unspecified atom stereocenters. The molecule has 2 heteroatoms. The van der Waals surface area contributed by atoms with Gasteiger partial charge in [0.25, 0.3) is 0 Å². The van der Waals surface area contributed by atoms with Gasteiger partial charge in [-0.2, -0.15) is 0 Å². The molecule has 50 valence electrons. The van der Waals surface area contributed by atoms with Gasteiger partial charge in [0.15, 0.2) is 0 Å². The lowest BCUT2D eigenvalue weighted by molar-refractivity contribution is -0.124. The van der Waals surface area contributed by atoms with Gasteiger partial charge in [-0.3, -0.25) is 4.79 Å². The van der Waals surface area contributed by atoms with Crippen molar-refractivity contribution < 1.29 is 4.79 Å². The van der Waals surface area contributed by atoms with Crippen molar-refractivity contribution in [1.29, 1.82) is 0 Å². The van der Waals surface area contributed by atoms with Gasteiger partial charge in [0.1, 0.15) is 0 Å². The first-order chi connectivity index (χ1) is 4.27. The maximum atomic E-state index is 10.9. The van der Waals surface area contributed by atoms with E-state index in [1.54, 1.807) is 0 Å². The molecule has 1 saturated heterocycles. The van der Waals surface area contributed by atoms with Crippen LogP contribution in [-0.2, 0) is 4.79 Å². The molecule has 1 heterocycles. The molecule has 1 aliphatic heterocycles. The van der Waals surface area contributed by atoms with Gasteiger partial charge >= 0.3 is 0 Å². The van der Waals surface area contributed by atoms with Crippen LogP contribution >= 0.6 is 0 Å². The molecule has 1 saturated carbocycles. The minimum Gasteiger partial charge on any atom is -0.353 e. The summed E-state index contributed by atoms with van der Waals surface area (Å²) in [6.45, 7) is 2.21. The summed E-state index contributed by atoms with van der Waals surface area (Å²) < 4.78 is 0. The van der Waals surface area contributed by atoms with Crippen LogP contribution in [0.5, 0.6) is 0 Å². The zero-order chi connectivity index (χ0) is 6.43. The number of carbonyl (C=O) groups excluding carboxylic acids is 1. The topological polar surface area (TPSA) is 29.1 Å². The van der Waals surface area contributed by atoms with E-state index in [0.29, 0.717) is 12.0 Å². The second kappa shape index (κ2) is 1.49. The quantitative estimate of drug-likeness (QED) is 0.502. The summed E-state index contributed by atoms with van der Waals surface area (Å²) in [6.07, 6.45) is 2.22. The fraction of sp³-hybridized carbons (Fsp3) is 0.857. The third-order valence-electron chi connectivity index (χ3n) is 2.58. The molecule has 3 atom stereocenters. The highest BCUT2D eigenvalue weighted by Crippen LogP contribution is 2.35. The van der Waals surface area contributed by atoms with Crippen molar-refractivity contribution in [2.24, 2.45) is 11.8 Å². The van der Waals surface area contributed by atoms with E-state index >= 15 is 0 Å². The Labute approximate surface area is 54.6 Å². The summed E-state index contributed by atoms with van der Waals surface area (Å²) in [6, 6.07) is 0.516. The van der Waals surface area contributed by atoms with E-state index in [2.05, 4.69) is 12.2 Å². The number of piperidine rings is 1. The molecule has 2 bridgehead atoms. The lowest BCUT2D eigenvalue weighted by Crippen LogP contribution is -2.35. The predicted molar refractivity (Wildman–Crippen MR) is 33.8 cm³/mol. The molecule has 0 spiro atoms. The van der Waals surface area contributed by atoms with E-state index in [-0.39, 0.29) is 5.91 Å². The zero-order valence-corrected chi connectivity index (χ0v) is 5.55. The van der Waals surface area contributed by atoms with E-state index < -0.39 is 0 Å². The normalized spacial score (nSPS) is 47.7. The molecular formula is C7H11NO. The number of nitrogens with one attached hydrogen (secondary N) is 1. The van der Waals surface area contributed by atoms with Gasteiger partial charge in [-0.05, 0) is 18.8 Å². The summed E-state index contributed by atoms with van der Waals surface area (Å²) >= 11 is 0. The Morgan fingerprint density at radius 1 is 1.56 bits per heavy atom. The first-order valence-corrected chi connectivity index (χ1v) is 3.58. The Kier molecular flexibility index (Phi) is 0.875. The predicted octanol–water partition coefficient (Wildman–Crippen LogP) is 0.531. The number of carbonyl (C=O) groups is 1. The van der Waals surface area contributed by atoms with Gasteiger partial charge in [-0.25, -0.2) is 0 Å². The second-order valence-corrected chi connectivity index (χ2v) is 3.26. The molecular weight excluding hydrogens is 114 g/mol. The van der Waals surface area contributed by atoms with Gasteiger partial charge in [0.05, 0.1) is 0 Å². The van der Waals surface area contributed by atoms with Crippen molar-refractivity contribution in [3.63, 3.8) is 0 Å². The Balaban J connectivity index is 2.19. The number of hydrogen-bond acceptors (Lipinski definition) is 1. The first kappa shape index (κ1) is 5.27. The minimum absolute atomic E-state index is 0.290. The average molecular weight is 125 g/mol. The first-order valence-electron chi connectivity index (χ1n) is 3.58. The molecule has 2 nitrogen and oxygen atoms in total. The lowest BCUT2D eigenvalue weighted by atomic mass is 10.0. The van der Waals surface area contributed by atoms with Crippen LogP contribution in [0.15, 0.2) is 0 Å². The summed E-state index contributed by atoms with van der Waals surface area (Å²) in [7, 11) is 0.